The first kappa shape index (κ1) is 7.74. The first-order chi connectivity index (χ1) is 5.70. The summed E-state index contributed by atoms with van der Waals surface area (Å²) in [6.45, 7) is 1.78. The molecule has 2 N–H and O–H groups in total. The number of fused-ring (bicyclic) bond motifs is 1. The average Bonchev–Trinajstić information content (AvgIpc) is 2.41. The molecular weight excluding hydrogens is 153 g/mol. The molecular formula is C10H12FN. The topological polar surface area (TPSA) is 26.0 Å². The molecule has 0 amide bonds. The van der Waals surface area contributed by atoms with E-state index in [9.17, 15) is 4.39 Å². The van der Waals surface area contributed by atoms with Crippen LogP contribution in [0.3, 0.4) is 0 Å². The van der Waals surface area contributed by atoms with E-state index in [-0.39, 0.29) is 11.9 Å². The smallest absolute Gasteiger partial charge is 0.131 e. The van der Waals surface area contributed by atoms with Crippen molar-refractivity contribution in [2.75, 3.05) is 0 Å². The standard InChI is InChI=1S/C10H12FN/c1-6-2-3-7-4-5-8(12)9(7)10(6)11/h2-3,8H,4-5,12H2,1H3. The summed E-state index contributed by atoms with van der Waals surface area (Å²) < 4.78 is 13.5. The third kappa shape index (κ3) is 0.950. The quantitative estimate of drug-likeness (QED) is 0.625. The highest BCUT2D eigenvalue weighted by Crippen LogP contribution is 2.32. The Balaban J connectivity index is 2.63. The number of hydrogen-bond donors (Lipinski definition) is 1. The Labute approximate surface area is 71.4 Å². The van der Waals surface area contributed by atoms with E-state index >= 15 is 0 Å². The Hall–Kier alpha value is -0.890. The normalized spacial score (nSPS) is 21.1. The highest BCUT2D eigenvalue weighted by molar-refractivity contribution is 5.38. The summed E-state index contributed by atoms with van der Waals surface area (Å²) >= 11 is 0. The zero-order valence-corrected chi connectivity index (χ0v) is 7.10. The summed E-state index contributed by atoms with van der Waals surface area (Å²) in [5, 5.41) is 0. The van der Waals surface area contributed by atoms with Crippen LogP contribution in [0.5, 0.6) is 0 Å². The third-order valence-electron chi connectivity index (χ3n) is 2.56. The Morgan fingerprint density at radius 2 is 2.25 bits per heavy atom. The van der Waals surface area contributed by atoms with Gasteiger partial charge in [0.2, 0.25) is 0 Å². The second kappa shape index (κ2) is 2.56. The highest BCUT2D eigenvalue weighted by Gasteiger charge is 2.23. The molecule has 0 aromatic heterocycles. The van der Waals surface area contributed by atoms with Gasteiger partial charge in [0, 0.05) is 11.6 Å². The van der Waals surface area contributed by atoms with Crippen molar-refractivity contribution in [3.8, 4) is 0 Å². The fraction of sp³-hybridized carbons (Fsp3) is 0.400. The van der Waals surface area contributed by atoms with E-state index in [1.807, 2.05) is 12.1 Å². The lowest BCUT2D eigenvalue weighted by Crippen LogP contribution is -2.08. The molecule has 1 unspecified atom stereocenters. The van der Waals surface area contributed by atoms with E-state index in [4.69, 9.17) is 5.73 Å². The highest BCUT2D eigenvalue weighted by atomic mass is 19.1. The van der Waals surface area contributed by atoms with E-state index in [2.05, 4.69) is 0 Å². The molecule has 1 nitrogen and oxygen atoms in total. The Morgan fingerprint density at radius 3 is 3.00 bits per heavy atom. The van der Waals surface area contributed by atoms with Gasteiger partial charge in [-0.2, -0.15) is 0 Å². The van der Waals surface area contributed by atoms with Gasteiger partial charge in [0.25, 0.3) is 0 Å². The van der Waals surface area contributed by atoms with Gasteiger partial charge in [-0.15, -0.1) is 0 Å². The second-order valence-electron chi connectivity index (χ2n) is 3.41. The third-order valence-corrected chi connectivity index (χ3v) is 2.56. The van der Waals surface area contributed by atoms with Crippen molar-refractivity contribution >= 4 is 0 Å². The maximum Gasteiger partial charge on any atom is 0.131 e. The van der Waals surface area contributed by atoms with Gasteiger partial charge in [0.1, 0.15) is 5.82 Å². The minimum atomic E-state index is -0.0995. The van der Waals surface area contributed by atoms with Gasteiger partial charge in [0.05, 0.1) is 0 Å². The van der Waals surface area contributed by atoms with Crippen LogP contribution >= 0.6 is 0 Å². The molecule has 0 spiro atoms. The van der Waals surface area contributed by atoms with E-state index in [0.29, 0.717) is 5.56 Å². The molecule has 0 saturated carbocycles. The molecule has 1 aromatic rings. The zero-order valence-electron chi connectivity index (χ0n) is 7.10. The molecule has 2 heteroatoms. The van der Waals surface area contributed by atoms with Crippen molar-refractivity contribution in [1.82, 2.24) is 0 Å². The van der Waals surface area contributed by atoms with Crippen LogP contribution in [0.25, 0.3) is 0 Å². The molecule has 1 aliphatic rings. The molecule has 0 fully saturated rings. The number of halogens is 1. The molecule has 2 rings (SSSR count). The summed E-state index contributed by atoms with van der Waals surface area (Å²) in [6, 6.07) is 3.73. The second-order valence-corrected chi connectivity index (χ2v) is 3.41. The van der Waals surface area contributed by atoms with Gasteiger partial charge >= 0.3 is 0 Å². The summed E-state index contributed by atoms with van der Waals surface area (Å²) in [4.78, 5) is 0. The molecule has 0 aliphatic heterocycles. The number of rotatable bonds is 0. The minimum Gasteiger partial charge on any atom is -0.324 e. The van der Waals surface area contributed by atoms with Crippen molar-refractivity contribution in [1.29, 1.82) is 0 Å². The van der Waals surface area contributed by atoms with Crippen LogP contribution in [0.2, 0.25) is 0 Å². The van der Waals surface area contributed by atoms with Crippen LogP contribution in [-0.4, -0.2) is 0 Å². The van der Waals surface area contributed by atoms with E-state index < -0.39 is 0 Å². The summed E-state index contributed by atoms with van der Waals surface area (Å²) in [5.74, 6) is -0.0995. The average molecular weight is 165 g/mol. The SMILES string of the molecule is Cc1ccc2c(c1F)C(N)CC2. The summed E-state index contributed by atoms with van der Waals surface area (Å²) in [6.07, 6.45) is 1.81. The lowest BCUT2D eigenvalue weighted by molar-refractivity contribution is 0.581. The summed E-state index contributed by atoms with van der Waals surface area (Å²) in [5.41, 5.74) is 8.31. The fourth-order valence-electron chi connectivity index (χ4n) is 1.82. The van der Waals surface area contributed by atoms with Crippen molar-refractivity contribution in [3.05, 3.63) is 34.6 Å². The maximum atomic E-state index is 13.5. The van der Waals surface area contributed by atoms with Gasteiger partial charge < -0.3 is 5.73 Å². The number of aryl methyl sites for hydroxylation is 2. The van der Waals surface area contributed by atoms with Crippen molar-refractivity contribution in [2.24, 2.45) is 5.73 Å². The van der Waals surface area contributed by atoms with Crippen LogP contribution in [0.4, 0.5) is 4.39 Å². The van der Waals surface area contributed by atoms with Crippen molar-refractivity contribution in [2.45, 2.75) is 25.8 Å². The van der Waals surface area contributed by atoms with Gasteiger partial charge in [-0.05, 0) is 30.9 Å². The molecule has 1 atom stereocenters. The maximum absolute atomic E-state index is 13.5. The monoisotopic (exact) mass is 165 g/mol. The molecule has 0 heterocycles. The van der Waals surface area contributed by atoms with Gasteiger partial charge in [-0.1, -0.05) is 12.1 Å². The Kier molecular flexibility index (Phi) is 1.65. The minimum absolute atomic E-state index is 0.0834. The molecule has 0 saturated heterocycles. The first-order valence-corrected chi connectivity index (χ1v) is 4.23. The van der Waals surface area contributed by atoms with Gasteiger partial charge in [-0.25, -0.2) is 4.39 Å². The lowest BCUT2D eigenvalue weighted by atomic mass is 10.0. The molecule has 12 heavy (non-hydrogen) atoms. The van der Waals surface area contributed by atoms with Crippen LogP contribution in [0.1, 0.15) is 29.2 Å². The lowest BCUT2D eigenvalue weighted by Gasteiger charge is -2.07. The molecule has 1 aliphatic carbocycles. The zero-order chi connectivity index (χ0) is 8.72. The number of hydrogen-bond acceptors (Lipinski definition) is 1. The van der Waals surface area contributed by atoms with Crippen LogP contribution in [-0.2, 0) is 6.42 Å². The predicted molar refractivity (Wildman–Crippen MR) is 46.4 cm³/mol. The van der Waals surface area contributed by atoms with Crippen LogP contribution in [0, 0.1) is 12.7 Å². The molecule has 0 radical (unpaired) electrons. The molecule has 64 valence electrons. The van der Waals surface area contributed by atoms with Gasteiger partial charge in [-0.3, -0.25) is 0 Å². The Bertz CT molecular complexity index is 320. The van der Waals surface area contributed by atoms with Crippen molar-refractivity contribution < 1.29 is 4.39 Å². The Morgan fingerprint density at radius 1 is 1.50 bits per heavy atom. The fourth-order valence-corrected chi connectivity index (χ4v) is 1.82. The van der Waals surface area contributed by atoms with Gasteiger partial charge in [0.15, 0.2) is 0 Å². The number of nitrogens with two attached hydrogens (primary N) is 1. The summed E-state index contributed by atoms with van der Waals surface area (Å²) in [7, 11) is 0. The van der Waals surface area contributed by atoms with E-state index in [1.54, 1.807) is 6.92 Å². The predicted octanol–water partition coefficient (Wildman–Crippen LogP) is 2.08. The van der Waals surface area contributed by atoms with Crippen molar-refractivity contribution in [3.63, 3.8) is 0 Å². The van der Waals surface area contributed by atoms with E-state index in [0.717, 1.165) is 24.0 Å². The molecule has 1 aromatic carbocycles. The first-order valence-electron chi connectivity index (χ1n) is 4.23. The van der Waals surface area contributed by atoms with Crippen LogP contribution < -0.4 is 5.73 Å². The van der Waals surface area contributed by atoms with E-state index in [1.165, 1.54) is 0 Å². The molecule has 0 bridgehead atoms. The largest absolute Gasteiger partial charge is 0.324 e. The number of benzene rings is 1. The van der Waals surface area contributed by atoms with Crippen LogP contribution in [0.15, 0.2) is 12.1 Å².